The quantitative estimate of drug-likeness (QED) is 0.394. The van der Waals surface area contributed by atoms with Gasteiger partial charge in [-0.05, 0) is 35.7 Å². The smallest absolute Gasteiger partial charge is 0.332 e. The lowest BCUT2D eigenvalue weighted by Gasteiger charge is -2.12. The van der Waals surface area contributed by atoms with Gasteiger partial charge >= 0.3 is 5.69 Å². The highest BCUT2D eigenvalue weighted by Crippen LogP contribution is 2.25. The number of fused-ring (bicyclic) bond motifs is 1. The molecule has 0 unspecified atom stereocenters. The molecular weight excluding hydrogens is 442 g/mol. The highest BCUT2D eigenvalue weighted by molar-refractivity contribution is 5.89. The zero-order valence-electron chi connectivity index (χ0n) is 19.9. The summed E-state index contributed by atoms with van der Waals surface area (Å²) in [5.41, 5.74) is 2.49. The molecule has 0 aliphatic carbocycles. The number of para-hydroxylation sites is 1. The van der Waals surface area contributed by atoms with Gasteiger partial charge in [0.25, 0.3) is 5.56 Å². The van der Waals surface area contributed by atoms with Crippen molar-refractivity contribution >= 4 is 22.5 Å². The molecule has 0 atom stereocenters. The van der Waals surface area contributed by atoms with Crippen molar-refractivity contribution in [1.82, 2.24) is 28.5 Å². The second-order valence-corrected chi connectivity index (χ2v) is 8.98. The molecule has 0 amide bonds. The minimum atomic E-state index is -0.370. The number of imidazole rings is 1. The molecule has 178 valence electrons. The fourth-order valence-corrected chi connectivity index (χ4v) is 4.15. The largest absolute Gasteiger partial charge is 0.340 e. The summed E-state index contributed by atoms with van der Waals surface area (Å²) in [6.45, 7) is 4.95. The summed E-state index contributed by atoms with van der Waals surface area (Å²) in [4.78, 5) is 30.4. The molecule has 0 bridgehead atoms. The SMILES string of the molecule is CC(C)Cn1c(=O)n(C)c(=O)c2c(Nc3ccccc3)n(Cc3ccc(-n4ccnc4)cc3)nc21. The predicted molar refractivity (Wildman–Crippen MR) is 136 cm³/mol. The second-order valence-electron chi connectivity index (χ2n) is 8.98. The van der Waals surface area contributed by atoms with Crippen LogP contribution in [0.1, 0.15) is 19.4 Å². The molecular formula is C26H27N7O2. The molecule has 0 spiro atoms. The van der Waals surface area contributed by atoms with Crippen molar-refractivity contribution in [1.29, 1.82) is 0 Å². The molecule has 9 nitrogen and oxygen atoms in total. The van der Waals surface area contributed by atoms with E-state index in [1.807, 2.05) is 79.2 Å². The van der Waals surface area contributed by atoms with Crippen molar-refractivity contribution in [3.05, 3.63) is 99.7 Å². The molecule has 0 aliphatic rings. The normalized spacial score (nSPS) is 11.4. The molecule has 0 aliphatic heterocycles. The van der Waals surface area contributed by atoms with Crippen LogP contribution in [0.25, 0.3) is 16.7 Å². The van der Waals surface area contributed by atoms with E-state index in [2.05, 4.69) is 10.3 Å². The summed E-state index contributed by atoms with van der Waals surface area (Å²) in [7, 11) is 1.51. The van der Waals surface area contributed by atoms with E-state index < -0.39 is 0 Å². The highest BCUT2D eigenvalue weighted by Gasteiger charge is 2.22. The molecule has 9 heteroatoms. The first-order valence-corrected chi connectivity index (χ1v) is 11.5. The number of anilines is 2. The Morgan fingerprint density at radius 3 is 2.40 bits per heavy atom. The van der Waals surface area contributed by atoms with Crippen LogP contribution >= 0.6 is 0 Å². The minimum absolute atomic E-state index is 0.208. The Kier molecular flexibility index (Phi) is 5.82. The van der Waals surface area contributed by atoms with Gasteiger partial charge < -0.3 is 9.88 Å². The van der Waals surface area contributed by atoms with Crippen molar-refractivity contribution in [2.24, 2.45) is 13.0 Å². The van der Waals surface area contributed by atoms with Gasteiger partial charge in [-0.3, -0.25) is 13.9 Å². The van der Waals surface area contributed by atoms with Crippen LogP contribution < -0.4 is 16.6 Å². The van der Waals surface area contributed by atoms with Crippen LogP contribution in [0.3, 0.4) is 0 Å². The number of rotatable bonds is 7. The van der Waals surface area contributed by atoms with Crippen molar-refractivity contribution in [3.63, 3.8) is 0 Å². The van der Waals surface area contributed by atoms with Gasteiger partial charge in [0.2, 0.25) is 0 Å². The van der Waals surface area contributed by atoms with Crippen molar-refractivity contribution in [2.45, 2.75) is 26.9 Å². The van der Waals surface area contributed by atoms with Crippen molar-refractivity contribution in [3.8, 4) is 5.69 Å². The Morgan fingerprint density at radius 2 is 1.74 bits per heavy atom. The Labute approximate surface area is 201 Å². The number of hydrogen-bond donors (Lipinski definition) is 1. The van der Waals surface area contributed by atoms with E-state index in [1.54, 1.807) is 21.8 Å². The third kappa shape index (κ3) is 4.28. The Hall–Kier alpha value is -4.40. The first kappa shape index (κ1) is 22.4. The maximum atomic E-state index is 13.3. The maximum Gasteiger partial charge on any atom is 0.332 e. The van der Waals surface area contributed by atoms with E-state index in [0.29, 0.717) is 29.9 Å². The van der Waals surface area contributed by atoms with Gasteiger partial charge in [0, 0.05) is 37.4 Å². The topological polar surface area (TPSA) is 91.7 Å². The molecule has 1 N–H and O–H groups in total. The van der Waals surface area contributed by atoms with E-state index in [-0.39, 0.29) is 17.2 Å². The number of nitrogens with one attached hydrogen (secondary N) is 1. The molecule has 5 aromatic rings. The average Bonchev–Trinajstić information content (AvgIpc) is 3.51. The summed E-state index contributed by atoms with van der Waals surface area (Å²) < 4.78 is 6.45. The monoisotopic (exact) mass is 469 g/mol. The number of aromatic nitrogens is 6. The lowest BCUT2D eigenvalue weighted by atomic mass is 10.2. The summed E-state index contributed by atoms with van der Waals surface area (Å²) in [6, 6.07) is 17.7. The van der Waals surface area contributed by atoms with E-state index >= 15 is 0 Å². The van der Waals surface area contributed by atoms with Gasteiger partial charge in [0.15, 0.2) is 5.65 Å². The van der Waals surface area contributed by atoms with E-state index in [1.165, 1.54) is 7.05 Å². The molecule has 35 heavy (non-hydrogen) atoms. The van der Waals surface area contributed by atoms with Crippen LogP contribution in [0.15, 0.2) is 82.9 Å². The molecule has 2 aromatic carbocycles. The molecule has 0 radical (unpaired) electrons. The van der Waals surface area contributed by atoms with Crippen LogP contribution in [0, 0.1) is 5.92 Å². The standard InChI is InChI=1S/C26H27N7O2/c1-18(2)15-32-24-22(25(34)30(3)26(32)35)23(28-20-7-5-4-6-8-20)33(29-24)16-19-9-11-21(12-10-19)31-14-13-27-17-31/h4-14,17-18,28H,15-16H2,1-3H3. The molecule has 5 rings (SSSR count). The van der Waals surface area contributed by atoms with Gasteiger partial charge in [-0.15, -0.1) is 0 Å². The van der Waals surface area contributed by atoms with Gasteiger partial charge in [-0.25, -0.2) is 14.5 Å². The maximum absolute atomic E-state index is 13.3. The lowest BCUT2D eigenvalue weighted by molar-refractivity contribution is 0.498. The van der Waals surface area contributed by atoms with Crippen LogP contribution in [-0.2, 0) is 20.1 Å². The number of hydrogen-bond acceptors (Lipinski definition) is 5. The molecule has 0 saturated carbocycles. The van der Waals surface area contributed by atoms with Crippen LogP contribution in [0.5, 0.6) is 0 Å². The van der Waals surface area contributed by atoms with Gasteiger partial charge in [-0.2, -0.15) is 5.10 Å². The van der Waals surface area contributed by atoms with Crippen molar-refractivity contribution < 1.29 is 0 Å². The van der Waals surface area contributed by atoms with Gasteiger partial charge in [-0.1, -0.05) is 44.2 Å². The molecule has 0 saturated heterocycles. The molecule has 0 fully saturated rings. The summed E-state index contributed by atoms with van der Waals surface area (Å²) in [6.07, 6.45) is 5.38. The minimum Gasteiger partial charge on any atom is -0.340 e. The lowest BCUT2D eigenvalue weighted by Crippen LogP contribution is -2.38. The second kappa shape index (κ2) is 9.09. The number of benzene rings is 2. The summed E-state index contributed by atoms with van der Waals surface area (Å²) in [5, 5.41) is 8.55. The first-order chi connectivity index (χ1) is 16.9. The zero-order valence-corrected chi connectivity index (χ0v) is 19.9. The molecule has 3 aromatic heterocycles. The fourth-order valence-electron chi connectivity index (χ4n) is 4.15. The van der Waals surface area contributed by atoms with Crippen LogP contribution in [-0.4, -0.2) is 28.5 Å². The third-order valence-corrected chi connectivity index (χ3v) is 5.88. The fraction of sp³-hybridized carbons (Fsp3) is 0.231. The van der Waals surface area contributed by atoms with E-state index in [9.17, 15) is 9.59 Å². The summed E-state index contributed by atoms with van der Waals surface area (Å²) in [5.74, 6) is 0.766. The Bertz CT molecular complexity index is 1580. The van der Waals surface area contributed by atoms with Crippen molar-refractivity contribution in [2.75, 3.05) is 5.32 Å². The Morgan fingerprint density at radius 1 is 1.00 bits per heavy atom. The predicted octanol–water partition coefficient (Wildman–Crippen LogP) is 3.53. The van der Waals surface area contributed by atoms with E-state index in [0.717, 1.165) is 21.5 Å². The average molecular weight is 470 g/mol. The molecule has 3 heterocycles. The van der Waals surface area contributed by atoms with Gasteiger partial charge in [0.1, 0.15) is 11.2 Å². The van der Waals surface area contributed by atoms with Crippen LogP contribution in [0.2, 0.25) is 0 Å². The zero-order chi connectivity index (χ0) is 24.5. The van der Waals surface area contributed by atoms with Gasteiger partial charge in [0.05, 0.1) is 12.9 Å². The Balaban J connectivity index is 1.65. The number of nitrogens with zero attached hydrogens (tertiary/aromatic N) is 6. The first-order valence-electron chi connectivity index (χ1n) is 11.5. The summed E-state index contributed by atoms with van der Waals surface area (Å²) >= 11 is 0. The van der Waals surface area contributed by atoms with E-state index in [4.69, 9.17) is 5.10 Å². The highest BCUT2D eigenvalue weighted by atomic mass is 16.2. The third-order valence-electron chi connectivity index (χ3n) is 5.88. The van der Waals surface area contributed by atoms with Crippen LogP contribution in [0.4, 0.5) is 11.5 Å².